The second-order valence-electron chi connectivity index (χ2n) is 3.77. The third-order valence-electron chi connectivity index (χ3n) is 2.60. The predicted octanol–water partition coefficient (Wildman–Crippen LogP) is 4.21. The van der Waals surface area contributed by atoms with Gasteiger partial charge in [-0.3, -0.25) is 0 Å². The molecule has 0 heterocycles. The zero-order chi connectivity index (χ0) is 11.8. The lowest BCUT2D eigenvalue weighted by Crippen LogP contribution is -2.29. The van der Waals surface area contributed by atoms with Crippen LogP contribution in [-0.2, 0) is 0 Å². The predicted molar refractivity (Wildman–Crippen MR) is 74.5 cm³/mol. The van der Waals surface area contributed by atoms with Gasteiger partial charge in [-0.1, -0.05) is 25.4 Å². The molecule has 16 heavy (non-hydrogen) atoms. The standard InChI is InChI=1S/C13H20ClNS/c1-3-12(4-2)15-9-10-16-13-7-5-11(14)6-8-13/h5-8,12,15H,3-4,9-10H2,1-2H3. The van der Waals surface area contributed by atoms with Gasteiger partial charge in [0.1, 0.15) is 0 Å². The van der Waals surface area contributed by atoms with Crippen molar-refractivity contribution in [1.29, 1.82) is 0 Å². The van der Waals surface area contributed by atoms with Gasteiger partial charge in [0.05, 0.1) is 0 Å². The summed E-state index contributed by atoms with van der Waals surface area (Å²) in [5.74, 6) is 1.11. The lowest BCUT2D eigenvalue weighted by atomic mass is 10.2. The van der Waals surface area contributed by atoms with Crippen LogP contribution in [-0.4, -0.2) is 18.3 Å². The van der Waals surface area contributed by atoms with E-state index in [0.29, 0.717) is 6.04 Å². The summed E-state index contributed by atoms with van der Waals surface area (Å²) >= 11 is 7.70. The van der Waals surface area contributed by atoms with Crippen LogP contribution < -0.4 is 5.32 Å². The molecule has 1 aromatic rings. The molecule has 0 aromatic heterocycles. The normalized spacial score (nSPS) is 11.0. The van der Waals surface area contributed by atoms with E-state index < -0.39 is 0 Å². The van der Waals surface area contributed by atoms with Crippen molar-refractivity contribution in [2.24, 2.45) is 0 Å². The summed E-state index contributed by atoms with van der Waals surface area (Å²) in [6.45, 7) is 5.53. The Morgan fingerprint density at radius 1 is 1.19 bits per heavy atom. The maximum absolute atomic E-state index is 5.83. The molecule has 1 rings (SSSR count). The van der Waals surface area contributed by atoms with Crippen LogP contribution in [0, 0.1) is 0 Å². The number of thioether (sulfide) groups is 1. The molecule has 0 bridgehead atoms. The Bertz CT molecular complexity index is 282. The second kappa shape index (κ2) is 7.99. The van der Waals surface area contributed by atoms with E-state index in [-0.39, 0.29) is 0 Å². The van der Waals surface area contributed by atoms with E-state index in [0.717, 1.165) is 17.3 Å². The molecule has 0 unspecified atom stereocenters. The first-order valence-electron chi connectivity index (χ1n) is 5.88. The molecule has 0 spiro atoms. The minimum Gasteiger partial charge on any atom is -0.313 e. The van der Waals surface area contributed by atoms with Crippen molar-refractivity contribution in [2.45, 2.75) is 37.6 Å². The molecule has 0 amide bonds. The van der Waals surface area contributed by atoms with E-state index in [1.807, 2.05) is 23.9 Å². The number of hydrogen-bond acceptors (Lipinski definition) is 2. The van der Waals surface area contributed by atoms with E-state index >= 15 is 0 Å². The first kappa shape index (κ1) is 13.9. The first-order valence-corrected chi connectivity index (χ1v) is 7.24. The third-order valence-corrected chi connectivity index (χ3v) is 3.87. The van der Waals surface area contributed by atoms with Crippen molar-refractivity contribution in [3.8, 4) is 0 Å². The molecule has 1 nitrogen and oxygen atoms in total. The maximum Gasteiger partial charge on any atom is 0.0406 e. The van der Waals surface area contributed by atoms with Gasteiger partial charge < -0.3 is 5.32 Å². The fraction of sp³-hybridized carbons (Fsp3) is 0.538. The molecule has 0 fully saturated rings. The van der Waals surface area contributed by atoms with Gasteiger partial charge in [-0.25, -0.2) is 0 Å². The zero-order valence-electron chi connectivity index (χ0n) is 10.0. The van der Waals surface area contributed by atoms with Crippen molar-refractivity contribution in [3.05, 3.63) is 29.3 Å². The van der Waals surface area contributed by atoms with E-state index in [1.165, 1.54) is 17.7 Å². The molecule has 0 saturated carbocycles. The van der Waals surface area contributed by atoms with Crippen LogP contribution in [0.4, 0.5) is 0 Å². The number of benzene rings is 1. The number of hydrogen-bond donors (Lipinski definition) is 1. The fourth-order valence-electron chi connectivity index (χ4n) is 1.54. The van der Waals surface area contributed by atoms with Crippen LogP contribution >= 0.6 is 23.4 Å². The van der Waals surface area contributed by atoms with E-state index in [2.05, 4.69) is 31.3 Å². The monoisotopic (exact) mass is 257 g/mol. The van der Waals surface area contributed by atoms with Gasteiger partial charge in [-0.05, 0) is 37.1 Å². The fourth-order valence-corrected chi connectivity index (χ4v) is 2.45. The summed E-state index contributed by atoms with van der Waals surface area (Å²) in [6, 6.07) is 8.70. The van der Waals surface area contributed by atoms with Gasteiger partial charge in [0.2, 0.25) is 0 Å². The zero-order valence-corrected chi connectivity index (χ0v) is 11.6. The van der Waals surface area contributed by atoms with Gasteiger partial charge in [-0.15, -0.1) is 11.8 Å². The highest BCUT2D eigenvalue weighted by Gasteiger charge is 2.01. The Morgan fingerprint density at radius 2 is 1.81 bits per heavy atom. The highest BCUT2D eigenvalue weighted by molar-refractivity contribution is 7.99. The smallest absolute Gasteiger partial charge is 0.0406 e. The minimum atomic E-state index is 0.672. The summed E-state index contributed by atoms with van der Waals surface area (Å²) in [7, 11) is 0. The molecule has 1 N–H and O–H groups in total. The largest absolute Gasteiger partial charge is 0.313 e. The number of rotatable bonds is 7. The van der Waals surface area contributed by atoms with E-state index in [4.69, 9.17) is 11.6 Å². The van der Waals surface area contributed by atoms with E-state index in [1.54, 1.807) is 0 Å². The molecule has 0 aliphatic carbocycles. The SMILES string of the molecule is CCC(CC)NCCSc1ccc(Cl)cc1. The molecule has 1 aromatic carbocycles. The molecular formula is C13H20ClNS. The summed E-state index contributed by atoms with van der Waals surface area (Å²) in [5.41, 5.74) is 0. The highest BCUT2D eigenvalue weighted by Crippen LogP contribution is 2.19. The van der Waals surface area contributed by atoms with Crippen molar-refractivity contribution in [3.63, 3.8) is 0 Å². The average Bonchev–Trinajstić information content (AvgIpc) is 2.32. The maximum atomic E-state index is 5.83. The van der Waals surface area contributed by atoms with Gasteiger partial charge >= 0.3 is 0 Å². The lowest BCUT2D eigenvalue weighted by molar-refractivity contribution is 0.501. The third kappa shape index (κ3) is 5.24. The van der Waals surface area contributed by atoms with Crippen LogP contribution in [0.25, 0.3) is 0 Å². The molecule has 3 heteroatoms. The lowest BCUT2D eigenvalue weighted by Gasteiger charge is -2.14. The Balaban J connectivity index is 2.18. The summed E-state index contributed by atoms with van der Waals surface area (Å²) in [5, 5.41) is 4.36. The van der Waals surface area contributed by atoms with Crippen LogP contribution in [0.15, 0.2) is 29.2 Å². The van der Waals surface area contributed by atoms with Crippen molar-refractivity contribution in [1.82, 2.24) is 5.32 Å². The number of halogens is 1. The summed E-state index contributed by atoms with van der Waals surface area (Å²) in [6.07, 6.45) is 2.42. The molecule has 0 aliphatic heterocycles. The van der Waals surface area contributed by atoms with Crippen LogP contribution in [0.1, 0.15) is 26.7 Å². The van der Waals surface area contributed by atoms with Gasteiger partial charge in [0, 0.05) is 28.3 Å². The van der Waals surface area contributed by atoms with Crippen molar-refractivity contribution >= 4 is 23.4 Å². The first-order chi connectivity index (χ1) is 7.76. The topological polar surface area (TPSA) is 12.0 Å². The Hall–Kier alpha value is -0.180. The summed E-state index contributed by atoms with van der Waals surface area (Å²) < 4.78 is 0. The number of nitrogens with one attached hydrogen (secondary N) is 1. The minimum absolute atomic E-state index is 0.672. The van der Waals surface area contributed by atoms with Gasteiger partial charge in [0.15, 0.2) is 0 Å². The van der Waals surface area contributed by atoms with E-state index in [9.17, 15) is 0 Å². The molecule has 90 valence electrons. The Morgan fingerprint density at radius 3 is 2.38 bits per heavy atom. The second-order valence-corrected chi connectivity index (χ2v) is 5.37. The van der Waals surface area contributed by atoms with Gasteiger partial charge in [-0.2, -0.15) is 0 Å². The average molecular weight is 258 g/mol. The highest BCUT2D eigenvalue weighted by atomic mass is 35.5. The van der Waals surface area contributed by atoms with Gasteiger partial charge in [0.25, 0.3) is 0 Å². The molecule has 0 atom stereocenters. The Kier molecular flexibility index (Phi) is 6.93. The van der Waals surface area contributed by atoms with Crippen molar-refractivity contribution < 1.29 is 0 Å². The molecule has 0 radical (unpaired) electrons. The summed E-state index contributed by atoms with van der Waals surface area (Å²) in [4.78, 5) is 1.29. The van der Waals surface area contributed by atoms with Crippen LogP contribution in [0.2, 0.25) is 5.02 Å². The quantitative estimate of drug-likeness (QED) is 0.580. The molecule has 0 aliphatic rings. The van der Waals surface area contributed by atoms with Crippen LogP contribution in [0.3, 0.4) is 0 Å². The molecular weight excluding hydrogens is 238 g/mol. The Labute approximate surface area is 108 Å². The van der Waals surface area contributed by atoms with Crippen LogP contribution in [0.5, 0.6) is 0 Å². The van der Waals surface area contributed by atoms with Crippen molar-refractivity contribution in [2.75, 3.05) is 12.3 Å². The molecule has 0 saturated heterocycles.